The lowest BCUT2D eigenvalue weighted by Crippen LogP contribution is -1.94. The van der Waals surface area contributed by atoms with Gasteiger partial charge in [0.1, 0.15) is 5.69 Å². The van der Waals surface area contributed by atoms with E-state index in [1.807, 2.05) is 71.6 Å². The maximum absolute atomic E-state index is 9.86. The van der Waals surface area contributed by atoms with Crippen LogP contribution in [0.1, 0.15) is 11.1 Å². The molecule has 1 heterocycles. The number of benzene rings is 4. The van der Waals surface area contributed by atoms with Crippen molar-refractivity contribution in [2.24, 2.45) is 0 Å². The summed E-state index contributed by atoms with van der Waals surface area (Å²) in [5, 5.41) is 17.7. The molecule has 0 unspecified atom stereocenters. The predicted octanol–water partition coefficient (Wildman–Crippen LogP) is 7.41. The summed E-state index contributed by atoms with van der Waals surface area (Å²) in [5.41, 5.74) is 5.01. The molecule has 3 nitrogen and oxygen atoms in total. The van der Waals surface area contributed by atoms with Crippen LogP contribution >= 0.6 is 11.6 Å². The van der Waals surface area contributed by atoms with Crippen LogP contribution in [-0.2, 0) is 0 Å². The maximum atomic E-state index is 9.86. The van der Waals surface area contributed by atoms with E-state index in [-0.39, 0.29) is 0 Å². The lowest BCUT2D eigenvalue weighted by atomic mass is 10.0. The molecule has 0 aliphatic rings. The summed E-state index contributed by atoms with van der Waals surface area (Å²) in [5.74, 6) is 0. The molecule has 0 N–H and O–H groups in total. The zero-order chi connectivity index (χ0) is 21.9. The standard InChI is InChI=1S/C28H18ClN3/c29-26-14-12-21(13-15-26)24(18-30)17-25-19-32(27-8-2-1-3-9-27)31-28(25)23-11-10-20-6-4-5-7-22(20)16-23/h1-17,19H/b24-17-. The van der Waals surface area contributed by atoms with Crippen molar-refractivity contribution >= 4 is 34.0 Å². The Morgan fingerprint density at radius 3 is 2.31 bits per heavy atom. The molecule has 0 aliphatic carbocycles. The summed E-state index contributed by atoms with van der Waals surface area (Å²) < 4.78 is 1.85. The average molecular weight is 432 g/mol. The van der Waals surface area contributed by atoms with Crippen molar-refractivity contribution < 1.29 is 0 Å². The monoisotopic (exact) mass is 431 g/mol. The smallest absolute Gasteiger partial charge is 0.100 e. The highest BCUT2D eigenvalue weighted by Gasteiger charge is 2.13. The van der Waals surface area contributed by atoms with E-state index in [4.69, 9.17) is 16.7 Å². The van der Waals surface area contributed by atoms with Crippen molar-refractivity contribution in [3.05, 3.63) is 119 Å². The minimum atomic E-state index is 0.552. The zero-order valence-corrected chi connectivity index (χ0v) is 17.9. The first kappa shape index (κ1) is 19.8. The van der Waals surface area contributed by atoms with Crippen molar-refractivity contribution in [2.45, 2.75) is 0 Å². The van der Waals surface area contributed by atoms with Gasteiger partial charge in [-0.05, 0) is 52.7 Å². The van der Waals surface area contributed by atoms with E-state index >= 15 is 0 Å². The molecular weight excluding hydrogens is 414 g/mol. The Morgan fingerprint density at radius 1 is 0.844 bits per heavy atom. The number of aromatic nitrogens is 2. The van der Waals surface area contributed by atoms with Gasteiger partial charge >= 0.3 is 0 Å². The van der Waals surface area contributed by atoms with Gasteiger partial charge < -0.3 is 0 Å². The number of rotatable bonds is 4. The fraction of sp³-hybridized carbons (Fsp3) is 0. The van der Waals surface area contributed by atoms with Crippen LogP contribution in [0.25, 0.3) is 39.4 Å². The van der Waals surface area contributed by atoms with Gasteiger partial charge in [-0.3, -0.25) is 0 Å². The molecule has 0 atom stereocenters. The minimum absolute atomic E-state index is 0.552. The highest BCUT2D eigenvalue weighted by Crippen LogP contribution is 2.30. The lowest BCUT2D eigenvalue weighted by Gasteiger charge is -2.04. The third-order valence-electron chi connectivity index (χ3n) is 5.36. The fourth-order valence-corrected chi connectivity index (χ4v) is 3.86. The zero-order valence-electron chi connectivity index (χ0n) is 17.1. The Balaban J connectivity index is 1.68. The van der Waals surface area contributed by atoms with Crippen molar-refractivity contribution in [3.63, 3.8) is 0 Å². The first-order chi connectivity index (χ1) is 15.7. The molecule has 4 heteroatoms. The normalized spacial score (nSPS) is 11.4. The molecule has 0 saturated carbocycles. The number of hydrogen-bond acceptors (Lipinski definition) is 2. The number of para-hydroxylation sites is 1. The topological polar surface area (TPSA) is 41.6 Å². The summed E-state index contributed by atoms with van der Waals surface area (Å²) in [6, 6.07) is 34.1. The van der Waals surface area contributed by atoms with Crippen LogP contribution in [-0.4, -0.2) is 9.78 Å². The third-order valence-corrected chi connectivity index (χ3v) is 5.61. The molecule has 5 rings (SSSR count). The molecule has 0 spiro atoms. The third kappa shape index (κ3) is 3.92. The van der Waals surface area contributed by atoms with Gasteiger partial charge in [0.25, 0.3) is 0 Å². The van der Waals surface area contributed by atoms with Gasteiger partial charge in [0.2, 0.25) is 0 Å². The van der Waals surface area contributed by atoms with Crippen LogP contribution in [0.2, 0.25) is 5.02 Å². The van der Waals surface area contributed by atoms with E-state index in [0.29, 0.717) is 10.6 Å². The van der Waals surface area contributed by atoms with E-state index in [0.717, 1.165) is 33.5 Å². The first-order valence-electron chi connectivity index (χ1n) is 10.2. The van der Waals surface area contributed by atoms with Crippen LogP contribution in [0.5, 0.6) is 0 Å². The Labute approximate surface area is 191 Å². The molecule has 0 amide bonds. The van der Waals surface area contributed by atoms with Crippen molar-refractivity contribution in [2.75, 3.05) is 0 Å². The number of nitriles is 1. The largest absolute Gasteiger partial charge is 0.240 e. The molecule has 0 saturated heterocycles. The molecule has 0 fully saturated rings. The van der Waals surface area contributed by atoms with E-state index in [9.17, 15) is 5.26 Å². The molecular formula is C28H18ClN3. The SMILES string of the molecule is N#C/C(=C/c1cn(-c2ccccc2)nc1-c1ccc2ccccc2c1)c1ccc(Cl)cc1. The van der Waals surface area contributed by atoms with Crippen molar-refractivity contribution in [3.8, 4) is 23.0 Å². The van der Waals surface area contributed by atoms with Gasteiger partial charge in [0.05, 0.1) is 17.3 Å². The second kappa shape index (κ2) is 8.55. The molecule has 152 valence electrons. The van der Waals surface area contributed by atoms with E-state index in [1.54, 1.807) is 12.1 Å². The Bertz CT molecular complexity index is 1470. The van der Waals surface area contributed by atoms with Crippen LogP contribution in [0, 0.1) is 11.3 Å². The van der Waals surface area contributed by atoms with Crippen molar-refractivity contribution in [1.29, 1.82) is 5.26 Å². The molecule has 0 radical (unpaired) electrons. The van der Waals surface area contributed by atoms with Crippen LogP contribution in [0.15, 0.2) is 103 Å². The Kier molecular flexibility index (Phi) is 5.29. The summed E-state index contributed by atoms with van der Waals surface area (Å²) in [6.45, 7) is 0. The summed E-state index contributed by atoms with van der Waals surface area (Å²) in [4.78, 5) is 0. The second-order valence-electron chi connectivity index (χ2n) is 7.45. The second-order valence-corrected chi connectivity index (χ2v) is 7.89. The van der Waals surface area contributed by atoms with Gasteiger partial charge in [-0.25, -0.2) is 4.68 Å². The maximum Gasteiger partial charge on any atom is 0.100 e. The number of nitrogens with zero attached hydrogens (tertiary/aromatic N) is 3. The van der Waals surface area contributed by atoms with Crippen LogP contribution < -0.4 is 0 Å². The van der Waals surface area contributed by atoms with Crippen LogP contribution in [0.3, 0.4) is 0 Å². The molecule has 1 aromatic heterocycles. The van der Waals surface area contributed by atoms with Crippen molar-refractivity contribution in [1.82, 2.24) is 9.78 Å². The average Bonchev–Trinajstić information content (AvgIpc) is 3.27. The van der Waals surface area contributed by atoms with Gasteiger partial charge in [-0.2, -0.15) is 10.4 Å². The van der Waals surface area contributed by atoms with E-state index in [1.165, 1.54) is 5.39 Å². The Morgan fingerprint density at radius 2 is 1.56 bits per heavy atom. The number of allylic oxidation sites excluding steroid dienone is 1. The van der Waals surface area contributed by atoms with Gasteiger partial charge in [0, 0.05) is 22.3 Å². The van der Waals surface area contributed by atoms with E-state index < -0.39 is 0 Å². The molecule has 4 aromatic carbocycles. The molecule has 5 aromatic rings. The van der Waals surface area contributed by atoms with Crippen LogP contribution in [0.4, 0.5) is 0 Å². The first-order valence-corrected chi connectivity index (χ1v) is 10.6. The number of hydrogen-bond donors (Lipinski definition) is 0. The minimum Gasteiger partial charge on any atom is -0.240 e. The van der Waals surface area contributed by atoms with E-state index in [2.05, 4.69) is 36.4 Å². The van der Waals surface area contributed by atoms with Gasteiger partial charge in [0.15, 0.2) is 0 Å². The Hall–Kier alpha value is -4.13. The number of halogens is 1. The quantitative estimate of drug-likeness (QED) is 0.278. The molecule has 32 heavy (non-hydrogen) atoms. The molecule has 0 aliphatic heterocycles. The lowest BCUT2D eigenvalue weighted by molar-refractivity contribution is 0.884. The fourth-order valence-electron chi connectivity index (χ4n) is 3.73. The summed E-state index contributed by atoms with van der Waals surface area (Å²) in [7, 11) is 0. The summed E-state index contributed by atoms with van der Waals surface area (Å²) >= 11 is 6.03. The molecule has 0 bridgehead atoms. The number of fused-ring (bicyclic) bond motifs is 1. The van der Waals surface area contributed by atoms with Gasteiger partial charge in [-0.15, -0.1) is 0 Å². The highest BCUT2D eigenvalue weighted by atomic mass is 35.5. The summed E-state index contributed by atoms with van der Waals surface area (Å²) in [6.07, 6.45) is 3.85. The van der Waals surface area contributed by atoms with Gasteiger partial charge in [-0.1, -0.05) is 78.3 Å². The predicted molar refractivity (Wildman–Crippen MR) is 131 cm³/mol. The highest BCUT2D eigenvalue weighted by molar-refractivity contribution is 6.30.